The van der Waals surface area contributed by atoms with Gasteiger partial charge >= 0.3 is 0 Å². The minimum absolute atomic E-state index is 0.157. The van der Waals surface area contributed by atoms with E-state index in [9.17, 15) is 0 Å². The summed E-state index contributed by atoms with van der Waals surface area (Å²) in [7, 11) is -0.605. The van der Waals surface area contributed by atoms with Crippen molar-refractivity contribution in [1.82, 2.24) is 0 Å². The van der Waals surface area contributed by atoms with Crippen LogP contribution in [0.1, 0.15) is 43.1 Å². The summed E-state index contributed by atoms with van der Waals surface area (Å²) in [6, 6.07) is 42.4. The summed E-state index contributed by atoms with van der Waals surface area (Å²) in [6.07, 6.45) is 0. The van der Waals surface area contributed by atoms with Gasteiger partial charge < -0.3 is 0 Å². The highest BCUT2D eigenvalue weighted by molar-refractivity contribution is 7.73. The monoisotopic (exact) mass is 408 g/mol. The molecule has 0 heterocycles. The quantitative estimate of drug-likeness (QED) is 0.306. The van der Waals surface area contributed by atoms with E-state index in [-0.39, 0.29) is 5.41 Å². The summed E-state index contributed by atoms with van der Waals surface area (Å²) in [5, 5.41) is 2.82. The summed E-state index contributed by atoms with van der Waals surface area (Å²) in [4.78, 5) is 0. The third-order valence-electron chi connectivity index (χ3n) is 5.53. The van der Waals surface area contributed by atoms with Crippen molar-refractivity contribution < 1.29 is 0 Å². The zero-order valence-electron chi connectivity index (χ0n) is 18.0. The topological polar surface area (TPSA) is 0 Å². The van der Waals surface area contributed by atoms with E-state index in [4.69, 9.17) is 0 Å². The molecule has 4 aromatic rings. The fraction of sp³-hybridized carbons (Fsp3) is 0.172. The molecule has 0 amide bonds. The molecule has 30 heavy (non-hydrogen) atoms. The Labute approximate surface area is 182 Å². The first kappa shape index (κ1) is 20.6. The van der Waals surface area contributed by atoms with E-state index >= 15 is 0 Å². The van der Waals surface area contributed by atoms with Gasteiger partial charge in [-0.15, -0.1) is 0 Å². The van der Waals surface area contributed by atoms with Crippen LogP contribution in [0.15, 0.2) is 115 Å². The zero-order valence-corrected chi connectivity index (χ0v) is 18.9. The Bertz CT molecular complexity index is 1010. The van der Waals surface area contributed by atoms with Crippen LogP contribution in [0, 0.1) is 0 Å². The highest BCUT2D eigenvalue weighted by atomic mass is 31.1. The van der Waals surface area contributed by atoms with Gasteiger partial charge in [0.1, 0.15) is 0 Å². The molecule has 0 N–H and O–H groups in total. The van der Waals surface area contributed by atoms with Crippen LogP contribution in [0.2, 0.25) is 0 Å². The molecule has 0 saturated carbocycles. The SMILES string of the molecule is CC(C)(C)c1ccc(C(c2ccccc2)P(c2ccccc2)c2ccccc2)cc1. The van der Waals surface area contributed by atoms with Gasteiger partial charge in [0.15, 0.2) is 0 Å². The molecule has 4 aromatic carbocycles. The Balaban J connectivity index is 1.89. The van der Waals surface area contributed by atoms with Gasteiger partial charge in [0, 0.05) is 5.66 Å². The molecule has 0 spiro atoms. The molecule has 0 aliphatic rings. The van der Waals surface area contributed by atoms with E-state index in [1.165, 1.54) is 27.3 Å². The highest BCUT2D eigenvalue weighted by Gasteiger charge is 2.28. The molecule has 4 rings (SSSR count). The molecule has 0 radical (unpaired) electrons. The van der Waals surface area contributed by atoms with Crippen molar-refractivity contribution in [3.63, 3.8) is 0 Å². The standard InChI is InChI=1S/C29H29P/c1-29(2,3)25-21-19-24(20-22-25)28(23-13-7-4-8-14-23)30(26-15-9-5-10-16-26)27-17-11-6-12-18-27/h4-22,28H,1-3H3. The summed E-state index contributed by atoms with van der Waals surface area (Å²) < 4.78 is 0. The molecule has 0 aliphatic carbocycles. The van der Waals surface area contributed by atoms with Gasteiger partial charge in [-0.05, 0) is 40.6 Å². The number of rotatable bonds is 5. The number of hydrogen-bond donors (Lipinski definition) is 0. The Hall–Kier alpha value is -2.69. The van der Waals surface area contributed by atoms with Crippen molar-refractivity contribution in [2.24, 2.45) is 0 Å². The lowest BCUT2D eigenvalue weighted by molar-refractivity contribution is 0.590. The molecule has 0 aliphatic heterocycles. The molecule has 0 fully saturated rings. The molecule has 0 aromatic heterocycles. The summed E-state index contributed by atoms with van der Waals surface area (Å²) in [5.74, 6) is 0. The van der Waals surface area contributed by atoms with E-state index in [0.29, 0.717) is 5.66 Å². The van der Waals surface area contributed by atoms with Gasteiger partial charge in [0.05, 0.1) is 0 Å². The molecule has 0 bridgehead atoms. The van der Waals surface area contributed by atoms with Gasteiger partial charge in [0.25, 0.3) is 0 Å². The summed E-state index contributed by atoms with van der Waals surface area (Å²) in [6.45, 7) is 6.83. The van der Waals surface area contributed by atoms with Gasteiger partial charge in [-0.2, -0.15) is 0 Å². The van der Waals surface area contributed by atoms with Crippen molar-refractivity contribution in [2.75, 3.05) is 0 Å². The van der Waals surface area contributed by atoms with Crippen LogP contribution < -0.4 is 10.6 Å². The average molecular weight is 409 g/mol. The average Bonchev–Trinajstić information content (AvgIpc) is 2.79. The van der Waals surface area contributed by atoms with Crippen LogP contribution in [-0.4, -0.2) is 0 Å². The van der Waals surface area contributed by atoms with Crippen LogP contribution >= 0.6 is 7.92 Å². The van der Waals surface area contributed by atoms with Gasteiger partial charge in [-0.1, -0.05) is 136 Å². The minimum Gasteiger partial charge on any atom is -0.0622 e. The second-order valence-electron chi connectivity index (χ2n) is 8.73. The lowest BCUT2D eigenvalue weighted by Gasteiger charge is -2.30. The third kappa shape index (κ3) is 4.55. The van der Waals surface area contributed by atoms with Crippen molar-refractivity contribution >= 4 is 18.5 Å². The minimum atomic E-state index is -0.605. The van der Waals surface area contributed by atoms with Crippen molar-refractivity contribution in [2.45, 2.75) is 31.8 Å². The predicted octanol–water partition coefficient (Wildman–Crippen LogP) is 7.21. The van der Waals surface area contributed by atoms with E-state index in [1.54, 1.807) is 0 Å². The van der Waals surface area contributed by atoms with Crippen LogP contribution in [-0.2, 0) is 5.41 Å². The van der Waals surface area contributed by atoms with Crippen LogP contribution in [0.3, 0.4) is 0 Å². The molecule has 1 unspecified atom stereocenters. The third-order valence-corrected chi connectivity index (χ3v) is 8.36. The van der Waals surface area contributed by atoms with Gasteiger partial charge in [-0.3, -0.25) is 0 Å². The lowest BCUT2D eigenvalue weighted by Crippen LogP contribution is -2.18. The molecule has 0 saturated heterocycles. The normalized spacial score (nSPS) is 12.7. The van der Waals surface area contributed by atoms with E-state index in [0.717, 1.165) is 0 Å². The van der Waals surface area contributed by atoms with E-state index in [1.807, 2.05) is 0 Å². The molecular formula is C29H29P. The summed E-state index contributed by atoms with van der Waals surface area (Å²) >= 11 is 0. The van der Waals surface area contributed by atoms with Crippen molar-refractivity contribution in [3.05, 3.63) is 132 Å². The van der Waals surface area contributed by atoms with E-state index in [2.05, 4.69) is 136 Å². The maximum atomic E-state index is 2.35. The molecule has 1 atom stereocenters. The van der Waals surface area contributed by atoms with Crippen molar-refractivity contribution in [3.8, 4) is 0 Å². The Morgan fingerprint density at radius 3 is 1.33 bits per heavy atom. The zero-order chi connectivity index (χ0) is 21.0. The van der Waals surface area contributed by atoms with E-state index < -0.39 is 7.92 Å². The molecular weight excluding hydrogens is 379 g/mol. The molecule has 0 nitrogen and oxygen atoms in total. The maximum Gasteiger partial charge on any atom is 0.0372 e. The van der Waals surface area contributed by atoms with Gasteiger partial charge in [0.2, 0.25) is 0 Å². The highest BCUT2D eigenvalue weighted by Crippen LogP contribution is 2.53. The van der Waals surface area contributed by atoms with Gasteiger partial charge in [-0.25, -0.2) is 0 Å². The largest absolute Gasteiger partial charge is 0.0622 e. The van der Waals surface area contributed by atoms with Crippen LogP contribution in [0.5, 0.6) is 0 Å². The summed E-state index contributed by atoms with van der Waals surface area (Å²) in [5.41, 5.74) is 4.60. The van der Waals surface area contributed by atoms with Crippen LogP contribution in [0.4, 0.5) is 0 Å². The Kier molecular flexibility index (Phi) is 6.16. The number of benzene rings is 4. The predicted molar refractivity (Wildman–Crippen MR) is 132 cm³/mol. The second kappa shape index (κ2) is 8.99. The first-order valence-corrected chi connectivity index (χ1v) is 12.0. The number of hydrogen-bond acceptors (Lipinski definition) is 0. The maximum absolute atomic E-state index is 2.35. The Morgan fingerprint density at radius 1 is 0.500 bits per heavy atom. The lowest BCUT2D eigenvalue weighted by atomic mass is 9.86. The molecule has 1 heteroatoms. The fourth-order valence-electron chi connectivity index (χ4n) is 3.92. The van der Waals surface area contributed by atoms with Crippen molar-refractivity contribution in [1.29, 1.82) is 0 Å². The molecule has 150 valence electrons. The van der Waals surface area contributed by atoms with Crippen LogP contribution in [0.25, 0.3) is 0 Å². The second-order valence-corrected chi connectivity index (χ2v) is 11.0. The first-order valence-electron chi connectivity index (χ1n) is 10.6. The first-order chi connectivity index (χ1) is 14.5. The Morgan fingerprint density at radius 2 is 0.900 bits per heavy atom. The smallest absolute Gasteiger partial charge is 0.0372 e. The fourth-order valence-corrected chi connectivity index (χ4v) is 6.74.